The molecular weight excluding hydrogens is 503 g/mol. The summed E-state index contributed by atoms with van der Waals surface area (Å²) in [5.41, 5.74) is 2.29. The van der Waals surface area contributed by atoms with E-state index in [0.717, 1.165) is 12.8 Å². The molecule has 3 aromatic carbocycles. The predicted molar refractivity (Wildman–Crippen MR) is 144 cm³/mol. The van der Waals surface area contributed by atoms with Crippen LogP contribution in [0, 0.1) is 0 Å². The average molecular weight is 531 g/mol. The first-order valence-electron chi connectivity index (χ1n) is 11.7. The number of carboxylic acids is 1. The van der Waals surface area contributed by atoms with Crippen LogP contribution in [-0.4, -0.2) is 83.7 Å². The van der Waals surface area contributed by atoms with Gasteiger partial charge in [-0.3, -0.25) is 9.59 Å². The van der Waals surface area contributed by atoms with Crippen LogP contribution in [0.5, 0.6) is 0 Å². The van der Waals surface area contributed by atoms with Crippen molar-refractivity contribution in [2.45, 2.75) is 18.3 Å². The van der Waals surface area contributed by atoms with Crippen LogP contribution in [0.2, 0.25) is 5.02 Å². The van der Waals surface area contributed by atoms with Crippen LogP contribution in [0.15, 0.2) is 78.9 Å². The molecule has 0 aliphatic carbocycles. The van der Waals surface area contributed by atoms with Crippen molar-refractivity contribution in [2.75, 3.05) is 31.6 Å². The number of nitrogens with one attached hydrogen (secondary N) is 1. The van der Waals surface area contributed by atoms with E-state index < -0.39 is 11.9 Å². The second kappa shape index (κ2) is 13.2. The normalized spacial score (nSPS) is 14.4. The third kappa shape index (κ3) is 7.00. The molecule has 7 nitrogen and oxygen atoms in total. The summed E-state index contributed by atoms with van der Waals surface area (Å²) in [6.07, 6.45) is 1.56. The average Bonchev–Trinajstić information content (AvgIpc) is 2.90. The van der Waals surface area contributed by atoms with Crippen molar-refractivity contribution >= 4 is 64.6 Å². The maximum atomic E-state index is 12.8. The molecule has 1 saturated heterocycles. The van der Waals surface area contributed by atoms with Crippen LogP contribution in [0.25, 0.3) is 0 Å². The molecule has 4 rings (SSSR count). The zero-order chi connectivity index (χ0) is 25.5. The van der Waals surface area contributed by atoms with Gasteiger partial charge in [-0.2, -0.15) is 0 Å². The number of hydrogen-bond donors (Lipinski definition) is 2. The van der Waals surface area contributed by atoms with Gasteiger partial charge in [-0.05, 0) is 42.2 Å². The Kier molecular flexibility index (Phi) is 10.3. The van der Waals surface area contributed by atoms with Crippen molar-refractivity contribution in [1.29, 1.82) is 0 Å². The molecule has 0 atom stereocenters. The molecular formula is C28H28ClN2NaO5. The van der Waals surface area contributed by atoms with E-state index in [-0.39, 0.29) is 70.4 Å². The number of ether oxygens (including phenoxy) is 1. The fourth-order valence-electron chi connectivity index (χ4n) is 4.71. The van der Waals surface area contributed by atoms with E-state index >= 15 is 0 Å². The van der Waals surface area contributed by atoms with Crippen molar-refractivity contribution < 1.29 is 24.2 Å². The van der Waals surface area contributed by atoms with Gasteiger partial charge in [-0.1, -0.05) is 72.3 Å². The zero-order valence-corrected chi connectivity index (χ0v) is 20.4. The standard InChI is InChI=1S/C28H27ClN2O5.Na.H/c29-22-11-12-24(23(17-22)27(34)35)30-25(32)18-36-19-26(33)31-15-13-28(14-16-31,20-7-3-1-4-8-20)21-9-5-2-6-10-21;;/h1-12,17H,13-16,18-19H2,(H,30,32)(H,34,35);;. The molecule has 0 aromatic heterocycles. The quantitative estimate of drug-likeness (QED) is 0.430. The third-order valence-corrected chi connectivity index (χ3v) is 6.80. The Morgan fingerprint density at radius 3 is 2.00 bits per heavy atom. The van der Waals surface area contributed by atoms with Gasteiger partial charge in [0.05, 0.1) is 11.3 Å². The summed E-state index contributed by atoms with van der Waals surface area (Å²) in [5.74, 6) is -1.95. The number of rotatable bonds is 8. The van der Waals surface area contributed by atoms with E-state index in [2.05, 4.69) is 29.6 Å². The number of anilines is 1. The number of piperidine rings is 1. The van der Waals surface area contributed by atoms with E-state index in [1.54, 1.807) is 4.90 Å². The number of carbonyl (C=O) groups excluding carboxylic acids is 2. The first kappa shape index (κ1) is 28.9. The van der Waals surface area contributed by atoms with Gasteiger partial charge < -0.3 is 20.1 Å². The van der Waals surface area contributed by atoms with E-state index in [4.69, 9.17) is 16.3 Å². The van der Waals surface area contributed by atoms with Gasteiger partial charge >= 0.3 is 35.5 Å². The minimum absolute atomic E-state index is 0. The molecule has 1 heterocycles. The second-order valence-electron chi connectivity index (χ2n) is 8.73. The van der Waals surface area contributed by atoms with E-state index in [0.29, 0.717) is 13.1 Å². The van der Waals surface area contributed by atoms with Crippen LogP contribution >= 0.6 is 11.6 Å². The van der Waals surface area contributed by atoms with Gasteiger partial charge in [0.2, 0.25) is 11.8 Å². The van der Waals surface area contributed by atoms with Crippen molar-refractivity contribution in [3.8, 4) is 0 Å². The van der Waals surface area contributed by atoms with Crippen molar-refractivity contribution in [3.05, 3.63) is 101 Å². The molecule has 1 aliphatic heterocycles. The molecule has 0 radical (unpaired) electrons. The Bertz CT molecular complexity index is 1190. The molecule has 37 heavy (non-hydrogen) atoms. The van der Waals surface area contributed by atoms with Gasteiger partial charge in [0.1, 0.15) is 13.2 Å². The minimum atomic E-state index is -1.21. The third-order valence-electron chi connectivity index (χ3n) is 6.57. The number of benzene rings is 3. The Morgan fingerprint density at radius 2 is 1.46 bits per heavy atom. The number of hydrogen-bond acceptors (Lipinski definition) is 4. The number of aromatic carboxylic acids is 1. The summed E-state index contributed by atoms with van der Waals surface area (Å²) in [7, 11) is 0. The fourth-order valence-corrected chi connectivity index (χ4v) is 4.88. The van der Waals surface area contributed by atoms with Gasteiger partial charge in [0, 0.05) is 23.5 Å². The topological polar surface area (TPSA) is 95.9 Å². The monoisotopic (exact) mass is 530 g/mol. The fraction of sp³-hybridized carbons (Fsp3) is 0.250. The molecule has 1 fully saturated rings. The van der Waals surface area contributed by atoms with Gasteiger partial charge in [0.15, 0.2) is 0 Å². The SMILES string of the molecule is O=C(COCC(=O)N1CCC(c2ccccc2)(c2ccccc2)CC1)Nc1ccc(Cl)cc1C(=O)O.[NaH]. The number of likely N-dealkylation sites (tertiary alicyclic amines) is 1. The summed E-state index contributed by atoms with van der Waals surface area (Å²) >= 11 is 5.83. The van der Waals surface area contributed by atoms with Gasteiger partial charge in [-0.15, -0.1) is 0 Å². The molecule has 0 spiro atoms. The van der Waals surface area contributed by atoms with Crippen molar-refractivity contribution in [3.63, 3.8) is 0 Å². The number of amides is 2. The Morgan fingerprint density at radius 1 is 0.892 bits per heavy atom. The summed E-state index contributed by atoms with van der Waals surface area (Å²) in [5, 5.41) is 12.0. The Labute approximate surface area is 243 Å². The molecule has 2 amide bonds. The molecule has 9 heteroatoms. The molecule has 188 valence electrons. The summed E-state index contributed by atoms with van der Waals surface area (Å²) in [6.45, 7) is 0.540. The summed E-state index contributed by atoms with van der Waals surface area (Å²) in [6, 6.07) is 24.9. The summed E-state index contributed by atoms with van der Waals surface area (Å²) in [4.78, 5) is 38.2. The molecule has 0 unspecified atom stereocenters. The first-order chi connectivity index (χ1) is 17.4. The number of halogens is 1. The van der Waals surface area contributed by atoms with Crippen LogP contribution in [0.4, 0.5) is 5.69 Å². The maximum absolute atomic E-state index is 12.8. The molecule has 3 aromatic rings. The van der Waals surface area contributed by atoms with Crippen molar-refractivity contribution in [1.82, 2.24) is 4.90 Å². The number of nitrogens with zero attached hydrogens (tertiary/aromatic N) is 1. The van der Waals surface area contributed by atoms with Crippen LogP contribution < -0.4 is 5.32 Å². The predicted octanol–water partition coefficient (Wildman–Crippen LogP) is 3.95. The number of carboxylic acid groups (broad SMARTS) is 1. The molecule has 0 bridgehead atoms. The zero-order valence-electron chi connectivity index (χ0n) is 19.7. The molecule has 2 N–H and O–H groups in total. The molecule has 1 aliphatic rings. The van der Waals surface area contributed by atoms with E-state index in [9.17, 15) is 19.5 Å². The van der Waals surface area contributed by atoms with Crippen LogP contribution in [0.1, 0.15) is 34.3 Å². The van der Waals surface area contributed by atoms with E-state index in [1.807, 2.05) is 36.4 Å². The Balaban J connectivity index is 0.00000380. The van der Waals surface area contributed by atoms with E-state index in [1.165, 1.54) is 29.3 Å². The Hall–Kier alpha value is -2.68. The first-order valence-corrected chi connectivity index (χ1v) is 12.1. The van der Waals surface area contributed by atoms with Gasteiger partial charge in [0.25, 0.3) is 0 Å². The van der Waals surface area contributed by atoms with Gasteiger partial charge in [-0.25, -0.2) is 4.79 Å². The van der Waals surface area contributed by atoms with Crippen LogP contribution in [0.3, 0.4) is 0 Å². The summed E-state index contributed by atoms with van der Waals surface area (Å²) < 4.78 is 5.35. The second-order valence-corrected chi connectivity index (χ2v) is 9.17. The number of carbonyl (C=O) groups is 3. The van der Waals surface area contributed by atoms with Crippen molar-refractivity contribution in [2.24, 2.45) is 0 Å². The van der Waals surface area contributed by atoms with Crippen LogP contribution in [-0.2, 0) is 19.7 Å². The molecule has 0 saturated carbocycles.